The standard InChI is InChI=1S/C31H36ClN7O3/c1-19-17-22(20(2)34-24-7-8-25(32)35-27(24)29(41)42-31(3,4)5)26-23(18-19)28(40)37(6)30(36-26)39-15-13-38(14-16-39)21-9-11-33-12-10-21/h7-12,17-18,20,34H,13-16H2,1-6H3. The first kappa shape index (κ1) is 29.3. The number of carbonyl (C=O) groups is 1. The fourth-order valence-electron chi connectivity index (χ4n) is 5.22. The van der Waals surface area contributed by atoms with Crippen molar-refractivity contribution in [3.05, 3.63) is 81.1 Å². The van der Waals surface area contributed by atoms with Crippen LogP contribution in [-0.2, 0) is 11.8 Å². The fraction of sp³-hybridized carbons (Fsp3) is 0.387. The van der Waals surface area contributed by atoms with E-state index >= 15 is 0 Å². The molecule has 1 unspecified atom stereocenters. The van der Waals surface area contributed by atoms with Crippen LogP contribution in [0.5, 0.6) is 0 Å². The lowest BCUT2D eigenvalue weighted by atomic mass is 10.0. The molecule has 11 heteroatoms. The number of benzene rings is 1. The third-order valence-electron chi connectivity index (χ3n) is 7.21. The van der Waals surface area contributed by atoms with E-state index in [9.17, 15) is 9.59 Å². The monoisotopic (exact) mass is 589 g/mol. The maximum atomic E-state index is 13.6. The molecule has 0 radical (unpaired) electrons. The number of hydrogen-bond donors (Lipinski definition) is 1. The molecule has 42 heavy (non-hydrogen) atoms. The van der Waals surface area contributed by atoms with Gasteiger partial charge < -0.3 is 19.9 Å². The number of halogens is 1. The van der Waals surface area contributed by atoms with Gasteiger partial charge in [-0.2, -0.15) is 0 Å². The Labute approximate surface area is 250 Å². The summed E-state index contributed by atoms with van der Waals surface area (Å²) < 4.78 is 7.21. The quantitative estimate of drug-likeness (QED) is 0.242. The first-order valence-electron chi connectivity index (χ1n) is 14.0. The van der Waals surface area contributed by atoms with Crippen molar-refractivity contribution in [2.45, 2.75) is 46.3 Å². The second-order valence-corrected chi connectivity index (χ2v) is 12.0. The van der Waals surface area contributed by atoms with Crippen LogP contribution in [0.4, 0.5) is 17.3 Å². The van der Waals surface area contributed by atoms with Crippen molar-refractivity contribution < 1.29 is 9.53 Å². The molecule has 220 valence electrons. The van der Waals surface area contributed by atoms with Crippen LogP contribution >= 0.6 is 11.6 Å². The van der Waals surface area contributed by atoms with E-state index in [4.69, 9.17) is 21.3 Å². The number of nitrogens with zero attached hydrogens (tertiary/aromatic N) is 6. The predicted octanol–water partition coefficient (Wildman–Crippen LogP) is 5.14. The topological polar surface area (TPSA) is 105 Å². The van der Waals surface area contributed by atoms with Crippen LogP contribution < -0.4 is 20.7 Å². The second kappa shape index (κ2) is 11.6. The number of ether oxygens (including phenoxy) is 1. The van der Waals surface area contributed by atoms with E-state index in [2.05, 4.69) is 25.1 Å². The number of esters is 1. The summed E-state index contributed by atoms with van der Waals surface area (Å²) in [7, 11) is 1.77. The molecular weight excluding hydrogens is 554 g/mol. The number of hydrogen-bond acceptors (Lipinski definition) is 9. The lowest BCUT2D eigenvalue weighted by Gasteiger charge is -2.37. The summed E-state index contributed by atoms with van der Waals surface area (Å²) in [6.07, 6.45) is 3.59. The van der Waals surface area contributed by atoms with Crippen molar-refractivity contribution in [2.24, 2.45) is 7.05 Å². The van der Waals surface area contributed by atoms with E-state index < -0.39 is 11.6 Å². The first-order chi connectivity index (χ1) is 19.9. The number of anilines is 3. The Hall–Kier alpha value is -4.18. The van der Waals surface area contributed by atoms with E-state index in [1.165, 1.54) is 0 Å². The SMILES string of the molecule is Cc1cc(C(C)Nc2ccc(Cl)nc2C(=O)OC(C)(C)C)c2nc(N3CCN(c4ccncc4)CC3)n(C)c(=O)c2c1. The van der Waals surface area contributed by atoms with Gasteiger partial charge in [0.25, 0.3) is 5.56 Å². The average Bonchev–Trinajstić information content (AvgIpc) is 2.95. The number of aryl methyl sites for hydroxylation is 1. The summed E-state index contributed by atoms with van der Waals surface area (Å²) in [6.45, 7) is 12.4. The lowest BCUT2D eigenvalue weighted by molar-refractivity contribution is 0.00640. The van der Waals surface area contributed by atoms with Crippen molar-refractivity contribution in [2.75, 3.05) is 41.3 Å². The van der Waals surface area contributed by atoms with Crippen LogP contribution in [0.15, 0.2) is 53.6 Å². The van der Waals surface area contributed by atoms with Crippen molar-refractivity contribution in [3.8, 4) is 0 Å². The number of nitrogens with one attached hydrogen (secondary N) is 1. The molecule has 1 atom stereocenters. The van der Waals surface area contributed by atoms with Gasteiger partial charge >= 0.3 is 5.97 Å². The zero-order valence-corrected chi connectivity index (χ0v) is 25.6. The number of carbonyl (C=O) groups excluding carboxylic acids is 1. The second-order valence-electron chi connectivity index (χ2n) is 11.6. The van der Waals surface area contributed by atoms with Crippen molar-refractivity contribution in [1.82, 2.24) is 19.5 Å². The summed E-state index contributed by atoms with van der Waals surface area (Å²) in [5.74, 6) is 0.0516. The summed E-state index contributed by atoms with van der Waals surface area (Å²) in [5, 5.41) is 4.13. The average molecular weight is 590 g/mol. The number of piperazine rings is 1. The highest BCUT2D eigenvalue weighted by molar-refractivity contribution is 6.29. The molecule has 4 heterocycles. The number of pyridine rings is 2. The molecular formula is C31H36ClN7O3. The van der Waals surface area contributed by atoms with Crippen LogP contribution in [0, 0.1) is 6.92 Å². The van der Waals surface area contributed by atoms with E-state index in [0.717, 1.165) is 43.0 Å². The lowest BCUT2D eigenvalue weighted by Crippen LogP contribution is -2.48. The maximum absolute atomic E-state index is 13.6. The molecule has 10 nitrogen and oxygen atoms in total. The molecule has 0 saturated carbocycles. The van der Waals surface area contributed by atoms with Gasteiger partial charge in [0.15, 0.2) is 5.69 Å². The van der Waals surface area contributed by atoms with E-state index in [0.29, 0.717) is 22.5 Å². The minimum Gasteiger partial charge on any atom is -0.455 e. The Morgan fingerprint density at radius 1 is 1.02 bits per heavy atom. The van der Waals surface area contributed by atoms with E-state index in [1.54, 1.807) is 56.9 Å². The highest BCUT2D eigenvalue weighted by Gasteiger charge is 2.26. The molecule has 1 aliphatic heterocycles. The molecule has 3 aromatic heterocycles. The summed E-state index contributed by atoms with van der Waals surface area (Å²) in [5.41, 5.74) is 3.30. The first-order valence-corrected chi connectivity index (χ1v) is 14.4. The summed E-state index contributed by atoms with van der Waals surface area (Å²) in [4.78, 5) is 44.5. The van der Waals surface area contributed by atoms with Crippen LogP contribution in [0.3, 0.4) is 0 Å². The minimum atomic E-state index is -0.694. The molecule has 0 aliphatic carbocycles. The highest BCUT2D eigenvalue weighted by Crippen LogP contribution is 2.30. The van der Waals surface area contributed by atoms with Gasteiger partial charge in [0.05, 0.1) is 22.6 Å². The van der Waals surface area contributed by atoms with E-state index in [1.807, 2.05) is 38.1 Å². The number of fused-ring (bicyclic) bond motifs is 1. The van der Waals surface area contributed by atoms with E-state index in [-0.39, 0.29) is 22.4 Å². The molecule has 5 rings (SSSR count). The van der Waals surface area contributed by atoms with Crippen LogP contribution in [-0.4, -0.2) is 57.3 Å². The molecule has 1 N–H and O–H groups in total. The fourth-order valence-corrected chi connectivity index (χ4v) is 5.37. The van der Waals surface area contributed by atoms with Gasteiger partial charge in [0, 0.05) is 56.9 Å². The van der Waals surface area contributed by atoms with Gasteiger partial charge in [-0.05, 0) is 70.5 Å². The van der Waals surface area contributed by atoms with Crippen LogP contribution in [0.25, 0.3) is 10.9 Å². The van der Waals surface area contributed by atoms with Gasteiger partial charge in [-0.25, -0.2) is 14.8 Å². The molecule has 0 spiro atoms. The smallest absolute Gasteiger partial charge is 0.359 e. The van der Waals surface area contributed by atoms with Gasteiger partial charge in [-0.15, -0.1) is 0 Å². The van der Waals surface area contributed by atoms with Crippen molar-refractivity contribution >= 4 is 45.8 Å². The van der Waals surface area contributed by atoms with Gasteiger partial charge in [-0.1, -0.05) is 17.7 Å². The maximum Gasteiger partial charge on any atom is 0.359 e. The van der Waals surface area contributed by atoms with Crippen LogP contribution in [0.2, 0.25) is 5.15 Å². The Morgan fingerprint density at radius 3 is 2.36 bits per heavy atom. The number of rotatable bonds is 6. The Morgan fingerprint density at radius 2 is 1.69 bits per heavy atom. The van der Waals surface area contributed by atoms with Crippen LogP contribution in [0.1, 0.15) is 55.4 Å². The van der Waals surface area contributed by atoms with Gasteiger partial charge in [0.1, 0.15) is 10.8 Å². The minimum absolute atomic E-state index is 0.0952. The Balaban J connectivity index is 1.48. The number of aromatic nitrogens is 4. The molecule has 0 bridgehead atoms. The molecule has 1 aromatic carbocycles. The Kier molecular flexibility index (Phi) is 8.10. The molecule has 1 saturated heterocycles. The normalized spacial score (nSPS) is 14.6. The van der Waals surface area contributed by atoms with Crippen molar-refractivity contribution in [1.29, 1.82) is 0 Å². The summed E-state index contributed by atoms with van der Waals surface area (Å²) in [6, 6.07) is 10.9. The molecule has 0 amide bonds. The van der Waals surface area contributed by atoms with Crippen molar-refractivity contribution in [3.63, 3.8) is 0 Å². The van der Waals surface area contributed by atoms with Gasteiger partial charge in [0.2, 0.25) is 5.95 Å². The molecule has 1 fully saturated rings. The zero-order valence-electron chi connectivity index (χ0n) is 24.8. The molecule has 1 aliphatic rings. The Bertz CT molecular complexity index is 1680. The third kappa shape index (κ3) is 6.18. The predicted molar refractivity (Wildman–Crippen MR) is 167 cm³/mol. The highest BCUT2D eigenvalue weighted by atomic mass is 35.5. The third-order valence-corrected chi connectivity index (χ3v) is 7.42. The van der Waals surface area contributed by atoms with Gasteiger partial charge in [-0.3, -0.25) is 14.3 Å². The summed E-state index contributed by atoms with van der Waals surface area (Å²) >= 11 is 6.15. The zero-order chi connectivity index (χ0) is 30.2. The largest absolute Gasteiger partial charge is 0.455 e. The molecule has 4 aromatic rings.